The number of carboxylic acids is 1. The molecule has 116 valence electrons. The molecule has 0 amide bonds. The van der Waals surface area contributed by atoms with Gasteiger partial charge in [0.15, 0.2) is 5.78 Å². The molecule has 0 unspecified atom stereocenters. The minimum Gasteiger partial charge on any atom is -0.480 e. The van der Waals surface area contributed by atoms with Gasteiger partial charge in [-0.3, -0.25) is 9.59 Å². The Balaban J connectivity index is 2.26. The van der Waals surface area contributed by atoms with Crippen molar-refractivity contribution in [2.75, 3.05) is 0 Å². The van der Waals surface area contributed by atoms with Crippen LogP contribution in [0.1, 0.15) is 22.8 Å². The first-order valence-corrected chi connectivity index (χ1v) is 7.26. The molecule has 0 radical (unpaired) electrons. The van der Waals surface area contributed by atoms with Gasteiger partial charge in [-0.1, -0.05) is 23.8 Å². The second-order valence-corrected chi connectivity index (χ2v) is 5.54. The zero-order valence-corrected chi connectivity index (χ0v) is 12.9. The highest BCUT2D eigenvalue weighted by Crippen LogP contribution is 2.26. The molecule has 0 aliphatic carbocycles. The standard InChI is InChI=1S/C18H16N2O3/c1-11-4-3-5-14(8-11)18-19-15-9-13(12(2)21)6-7-16(15)20(18)10-17(22)23/h3-9H,10H2,1-2H3,(H,22,23). The highest BCUT2D eigenvalue weighted by atomic mass is 16.4. The third kappa shape index (κ3) is 2.85. The number of rotatable bonds is 4. The van der Waals surface area contributed by atoms with Crippen LogP contribution in [0, 0.1) is 6.92 Å². The number of nitrogens with zero attached hydrogens (tertiary/aromatic N) is 2. The molecule has 0 aliphatic rings. The summed E-state index contributed by atoms with van der Waals surface area (Å²) in [5.74, 6) is -0.391. The number of imidazole rings is 1. The van der Waals surface area contributed by atoms with Crippen molar-refractivity contribution in [1.82, 2.24) is 9.55 Å². The second-order valence-electron chi connectivity index (χ2n) is 5.54. The van der Waals surface area contributed by atoms with E-state index in [-0.39, 0.29) is 12.3 Å². The van der Waals surface area contributed by atoms with E-state index in [4.69, 9.17) is 0 Å². The van der Waals surface area contributed by atoms with Gasteiger partial charge >= 0.3 is 5.97 Å². The van der Waals surface area contributed by atoms with Gasteiger partial charge in [0.1, 0.15) is 12.4 Å². The van der Waals surface area contributed by atoms with E-state index in [1.54, 1.807) is 22.8 Å². The zero-order valence-electron chi connectivity index (χ0n) is 12.9. The van der Waals surface area contributed by atoms with Crippen molar-refractivity contribution in [3.63, 3.8) is 0 Å². The van der Waals surface area contributed by atoms with Crippen LogP contribution < -0.4 is 0 Å². The van der Waals surface area contributed by atoms with Crippen LogP contribution in [0.25, 0.3) is 22.4 Å². The zero-order chi connectivity index (χ0) is 16.6. The molecular weight excluding hydrogens is 292 g/mol. The fourth-order valence-electron chi connectivity index (χ4n) is 2.65. The maximum Gasteiger partial charge on any atom is 0.323 e. The first kappa shape index (κ1) is 15.0. The lowest BCUT2D eigenvalue weighted by Gasteiger charge is -2.07. The normalized spacial score (nSPS) is 10.9. The van der Waals surface area contributed by atoms with E-state index in [0.717, 1.165) is 11.1 Å². The van der Waals surface area contributed by atoms with Crippen molar-refractivity contribution in [2.24, 2.45) is 0 Å². The van der Waals surface area contributed by atoms with Crippen LogP contribution in [0.5, 0.6) is 0 Å². The number of aliphatic carboxylic acids is 1. The van der Waals surface area contributed by atoms with Crippen molar-refractivity contribution < 1.29 is 14.7 Å². The third-order valence-electron chi connectivity index (χ3n) is 3.72. The van der Waals surface area contributed by atoms with Crippen LogP contribution in [-0.2, 0) is 11.3 Å². The summed E-state index contributed by atoms with van der Waals surface area (Å²) in [5, 5.41) is 9.21. The maximum atomic E-state index is 11.5. The van der Waals surface area contributed by atoms with Crippen LogP contribution in [-0.4, -0.2) is 26.4 Å². The van der Waals surface area contributed by atoms with E-state index < -0.39 is 5.97 Å². The largest absolute Gasteiger partial charge is 0.480 e. The molecule has 0 saturated heterocycles. The molecule has 0 aliphatic heterocycles. The summed E-state index contributed by atoms with van der Waals surface area (Å²) in [4.78, 5) is 27.3. The average molecular weight is 308 g/mol. The van der Waals surface area contributed by atoms with E-state index >= 15 is 0 Å². The Hall–Kier alpha value is -2.95. The number of ketones is 1. The SMILES string of the molecule is CC(=O)c1ccc2c(c1)nc(-c1cccc(C)c1)n2CC(=O)O. The van der Waals surface area contributed by atoms with Crippen molar-refractivity contribution in [2.45, 2.75) is 20.4 Å². The molecule has 2 aromatic carbocycles. The van der Waals surface area contributed by atoms with Crippen LogP contribution >= 0.6 is 0 Å². The smallest absolute Gasteiger partial charge is 0.323 e. The molecule has 0 saturated carbocycles. The molecule has 5 heteroatoms. The molecule has 23 heavy (non-hydrogen) atoms. The van der Waals surface area contributed by atoms with E-state index in [1.807, 2.05) is 31.2 Å². The molecular formula is C18H16N2O3. The van der Waals surface area contributed by atoms with Crippen molar-refractivity contribution in [3.05, 3.63) is 53.6 Å². The third-order valence-corrected chi connectivity index (χ3v) is 3.72. The second kappa shape index (κ2) is 5.68. The fourth-order valence-corrected chi connectivity index (χ4v) is 2.65. The number of fused-ring (bicyclic) bond motifs is 1. The highest BCUT2D eigenvalue weighted by molar-refractivity contribution is 5.98. The van der Waals surface area contributed by atoms with Crippen LogP contribution in [0.3, 0.4) is 0 Å². The molecule has 1 aromatic heterocycles. The fraction of sp³-hybridized carbons (Fsp3) is 0.167. The average Bonchev–Trinajstić information content (AvgIpc) is 2.84. The number of carbonyl (C=O) groups excluding carboxylic acids is 1. The molecule has 5 nitrogen and oxygen atoms in total. The lowest BCUT2D eigenvalue weighted by atomic mass is 10.1. The Morgan fingerprint density at radius 2 is 1.96 bits per heavy atom. The topological polar surface area (TPSA) is 72.2 Å². The molecule has 0 spiro atoms. The van der Waals surface area contributed by atoms with Gasteiger partial charge in [0.2, 0.25) is 0 Å². The molecule has 1 heterocycles. The summed E-state index contributed by atoms with van der Waals surface area (Å²) >= 11 is 0. The van der Waals surface area contributed by atoms with Gasteiger partial charge in [0.05, 0.1) is 11.0 Å². The molecule has 3 rings (SSSR count). The Labute approximate surface area is 133 Å². The highest BCUT2D eigenvalue weighted by Gasteiger charge is 2.16. The quantitative estimate of drug-likeness (QED) is 0.751. The molecule has 1 N–H and O–H groups in total. The number of aryl methyl sites for hydroxylation is 1. The first-order chi connectivity index (χ1) is 11.0. The van der Waals surface area contributed by atoms with Gasteiger partial charge in [-0.25, -0.2) is 4.98 Å². The Morgan fingerprint density at radius 3 is 2.61 bits per heavy atom. The molecule has 0 bridgehead atoms. The van der Waals surface area contributed by atoms with E-state index in [1.165, 1.54) is 6.92 Å². The predicted molar refractivity (Wildman–Crippen MR) is 87.5 cm³/mol. The molecule has 0 fully saturated rings. The minimum atomic E-state index is -0.936. The van der Waals surface area contributed by atoms with Crippen LogP contribution in [0.2, 0.25) is 0 Å². The van der Waals surface area contributed by atoms with Gasteiger partial charge < -0.3 is 9.67 Å². The minimum absolute atomic E-state index is 0.0446. The van der Waals surface area contributed by atoms with Gasteiger partial charge in [-0.2, -0.15) is 0 Å². The van der Waals surface area contributed by atoms with Crippen LogP contribution in [0.4, 0.5) is 0 Å². The number of hydrogen-bond donors (Lipinski definition) is 1. The summed E-state index contributed by atoms with van der Waals surface area (Å²) in [7, 11) is 0. The Bertz CT molecular complexity index is 925. The van der Waals surface area contributed by atoms with Gasteiger partial charge in [-0.15, -0.1) is 0 Å². The number of hydrogen-bond acceptors (Lipinski definition) is 3. The van der Waals surface area contributed by atoms with Gasteiger partial charge in [0.25, 0.3) is 0 Å². The number of benzene rings is 2. The lowest BCUT2D eigenvalue weighted by molar-refractivity contribution is -0.137. The lowest BCUT2D eigenvalue weighted by Crippen LogP contribution is -2.10. The van der Waals surface area contributed by atoms with Gasteiger partial charge in [-0.05, 0) is 38.1 Å². The Kier molecular flexibility index (Phi) is 3.70. The summed E-state index contributed by atoms with van der Waals surface area (Å²) in [6.07, 6.45) is 0. The van der Waals surface area contributed by atoms with E-state index in [9.17, 15) is 14.7 Å². The summed E-state index contributed by atoms with van der Waals surface area (Å²) in [6.45, 7) is 3.29. The molecule has 0 atom stereocenters. The van der Waals surface area contributed by atoms with Crippen molar-refractivity contribution in [1.29, 1.82) is 0 Å². The number of Topliss-reactive ketones (excluding diaryl/α,β-unsaturated/α-hetero) is 1. The Morgan fingerprint density at radius 1 is 1.17 bits per heavy atom. The molecule has 3 aromatic rings. The first-order valence-electron chi connectivity index (χ1n) is 7.26. The summed E-state index contributed by atoms with van der Waals surface area (Å²) in [5.41, 5.74) is 3.81. The summed E-state index contributed by atoms with van der Waals surface area (Å²) < 4.78 is 1.66. The monoisotopic (exact) mass is 308 g/mol. The van der Waals surface area contributed by atoms with Crippen molar-refractivity contribution in [3.8, 4) is 11.4 Å². The maximum absolute atomic E-state index is 11.5. The van der Waals surface area contributed by atoms with E-state index in [2.05, 4.69) is 4.98 Å². The predicted octanol–water partition coefficient (Wildman–Crippen LogP) is 3.30. The number of aromatic nitrogens is 2. The summed E-state index contributed by atoms with van der Waals surface area (Å²) in [6, 6.07) is 12.9. The number of carbonyl (C=O) groups is 2. The number of carboxylic acid groups (broad SMARTS) is 1. The van der Waals surface area contributed by atoms with E-state index in [0.29, 0.717) is 22.4 Å². The van der Waals surface area contributed by atoms with Crippen LogP contribution in [0.15, 0.2) is 42.5 Å². The van der Waals surface area contributed by atoms with Gasteiger partial charge in [0, 0.05) is 11.1 Å². The van der Waals surface area contributed by atoms with Crippen molar-refractivity contribution >= 4 is 22.8 Å².